The van der Waals surface area contributed by atoms with Crippen LogP contribution in [0, 0.1) is 0 Å². The van der Waals surface area contributed by atoms with Crippen LogP contribution >= 0.6 is 35.6 Å². The molecule has 25 heavy (non-hydrogen) atoms. The van der Waals surface area contributed by atoms with E-state index in [2.05, 4.69) is 10.3 Å². The Hall–Kier alpha value is -0.580. The normalized spacial score (nSPS) is 12.0. The van der Waals surface area contributed by atoms with Crippen molar-refractivity contribution in [2.45, 2.75) is 19.9 Å². The van der Waals surface area contributed by atoms with Crippen molar-refractivity contribution in [3.63, 3.8) is 0 Å². The van der Waals surface area contributed by atoms with E-state index in [0.29, 0.717) is 37.6 Å². The van der Waals surface area contributed by atoms with Gasteiger partial charge in [0.2, 0.25) is 10.0 Å². The summed E-state index contributed by atoms with van der Waals surface area (Å²) in [5.74, 6) is 0.761. The monoisotopic (exact) mass is 502 g/mol. The molecule has 0 atom stereocenters. The molecule has 9 heteroatoms. The Morgan fingerprint density at radius 3 is 2.56 bits per heavy atom. The lowest BCUT2D eigenvalue weighted by molar-refractivity contribution is 0.419. The van der Waals surface area contributed by atoms with Crippen molar-refractivity contribution in [1.82, 2.24) is 14.5 Å². The summed E-state index contributed by atoms with van der Waals surface area (Å²) in [7, 11) is 0.547. The van der Waals surface area contributed by atoms with Crippen LogP contribution in [-0.4, -0.2) is 63.6 Å². The zero-order valence-electron chi connectivity index (χ0n) is 15.2. The fourth-order valence-corrected chi connectivity index (χ4v) is 3.53. The van der Waals surface area contributed by atoms with Crippen LogP contribution in [0.2, 0.25) is 5.02 Å². The summed E-state index contributed by atoms with van der Waals surface area (Å²) in [4.78, 5) is 6.26. The number of hydrogen-bond acceptors (Lipinski definition) is 3. The highest BCUT2D eigenvalue weighted by Crippen LogP contribution is 2.12. The molecular weight excluding hydrogens is 475 g/mol. The number of sulfonamides is 1. The Balaban J connectivity index is 0.00000576. The topological polar surface area (TPSA) is 65.0 Å². The molecule has 0 radical (unpaired) electrons. The van der Waals surface area contributed by atoms with Gasteiger partial charge in [-0.15, -0.1) is 24.0 Å². The third kappa shape index (κ3) is 9.07. The van der Waals surface area contributed by atoms with Crippen molar-refractivity contribution in [3.8, 4) is 0 Å². The molecule has 0 saturated heterocycles. The van der Waals surface area contributed by atoms with E-state index >= 15 is 0 Å². The van der Waals surface area contributed by atoms with Crippen molar-refractivity contribution >= 4 is 51.6 Å². The molecule has 0 saturated carbocycles. The minimum Gasteiger partial charge on any atom is -0.356 e. The number of halogens is 2. The van der Waals surface area contributed by atoms with Crippen LogP contribution in [0.4, 0.5) is 0 Å². The van der Waals surface area contributed by atoms with Crippen molar-refractivity contribution in [2.24, 2.45) is 4.99 Å². The molecule has 0 aromatic heterocycles. The highest BCUT2D eigenvalue weighted by Gasteiger charge is 2.13. The SMILES string of the molecule is CCN(CCCNC(=NC)N(C)Cc1cccc(Cl)c1)S(C)(=O)=O.I. The van der Waals surface area contributed by atoms with E-state index in [-0.39, 0.29) is 24.0 Å². The molecule has 6 nitrogen and oxygen atoms in total. The van der Waals surface area contributed by atoms with Gasteiger partial charge in [-0.2, -0.15) is 0 Å². The largest absolute Gasteiger partial charge is 0.356 e. The van der Waals surface area contributed by atoms with E-state index in [4.69, 9.17) is 11.6 Å². The number of nitrogens with one attached hydrogen (secondary N) is 1. The second-order valence-corrected chi connectivity index (χ2v) is 7.99. The highest BCUT2D eigenvalue weighted by molar-refractivity contribution is 14.0. The molecule has 144 valence electrons. The van der Waals surface area contributed by atoms with Gasteiger partial charge < -0.3 is 10.2 Å². The minimum atomic E-state index is -3.13. The summed E-state index contributed by atoms with van der Waals surface area (Å²) in [5.41, 5.74) is 1.10. The first kappa shape index (κ1) is 24.4. The predicted octanol–water partition coefficient (Wildman–Crippen LogP) is 2.64. The molecule has 1 aromatic carbocycles. The Bertz CT molecular complexity index is 655. The predicted molar refractivity (Wildman–Crippen MR) is 116 cm³/mol. The van der Waals surface area contributed by atoms with Crippen LogP contribution < -0.4 is 5.32 Å². The maximum absolute atomic E-state index is 11.5. The average molecular weight is 503 g/mol. The van der Waals surface area contributed by atoms with Gasteiger partial charge in [-0.05, 0) is 24.1 Å². The van der Waals surface area contributed by atoms with Gasteiger partial charge in [0, 0.05) is 45.3 Å². The molecule has 0 amide bonds. The van der Waals surface area contributed by atoms with E-state index in [1.165, 1.54) is 10.6 Å². The fraction of sp³-hybridized carbons (Fsp3) is 0.562. The molecule has 1 N–H and O–H groups in total. The Labute approximate surface area is 173 Å². The number of benzene rings is 1. The van der Waals surface area contributed by atoms with Gasteiger partial charge in [0.25, 0.3) is 0 Å². The van der Waals surface area contributed by atoms with E-state index in [1.807, 2.05) is 43.1 Å². The van der Waals surface area contributed by atoms with Gasteiger partial charge in [0.15, 0.2) is 5.96 Å². The van der Waals surface area contributed by atoms with Crippen LogP contribution in [0.3, 0.4) is 0 Å². The lowest BCUT2D eigenvalue weighted by atomic mass is 10.2. The highest BCUT2D eigenvalue weighted by atomic mass is 127. The Morgan fingerprint density at radius 1 is 1.36 bits per heavy atom. The second-order valence-electron chi connectivity index (χ2n) is 5.57. The van der Waals surface area contributed by atoms with Crippen LogP contribution in [0.5, 0.6) is 0 Å². The maximum atomic E-state index is 11.5. The first-order chi connectivity index (χ1) is 11.3. The quantitative estimate of drug-likeness (QED) is 0.257. The summed E-state index contributed by atoms with van der Waals surface area (Å²) in [6.45, 7) is 4.16. The van der Waals surface area contributed by atoms with Gasteiger partial charge in [-0.3, -0.25) is 4.99 Å². The van der Waals surface area contributed by atoms with Crippen LogP contribution in [-0.2, 0) is 16.6 Å². The van der Waals surface area contributed by atoms with Gasteiger partial charge in [0.1, 0.15) is 0 Å². The Morgan fingerprint density at radius 2 is 2.04 bits per heavy atom. The smallest absolute Gasteiger partial charge is 0.211 e. The standard InChI is InChI=1S/C16H27ClN4O2S.HI/c1-5-21(24(4,22)23)11-7-10-19-16(18-2)20(3)13-14-8-6-9-15(17)12-14;/h6,8-9,12H,5,7,10-11,13H2,1-4H3,(H,18,19);1H. The second kappa shape index (κ2) is 11.9. The van der Waals surface area contributed by atoms with Crippen molar-refractivity contribution in [2.75, 3.05) is 40.0 Å². The molecule has 0 bridgehead atoms. The summed E-state index contributed by atoms with van der Waals surface area (Å²) in [6, 6.07) is 7.71. The zero-order chi connectivity index (χ0) is 18.2. The van der Waals surface area contributed by atoms with Crippen molar-refractivity contribution < 1.29 is 8.42 Å². The maximum Gasteiger partial charge on any atom is 0.211 e. The molecule has 0 unspecified atom stereocenters. The van der Waals surface area contributed by atoms with Gasteiger partial charge in [-0.25, -0.2) is 12.7 Å². The molecule has 0 heterocycles. The lowest BCUT2D eigenvalue weighted by Crippen LogP contribution is -2.40. The number of guanidine groups is 1. The van der Waals surface area contributed by atoms with Gasteiger partial charge in [0.05, 0.1) is 6.26 Å². The van der Waals surface area contributed by atoms with Crippen molar-refractivity contribution in [1.29, 1.82) is 0 Å². The summed E-state index contributed by atoms with van der Waals surface area (Å²) >= 11 is 6.01. The third-order valence-corrected chi connectivity index (χ3v) is 5.19. The molecule has 0 spiro atoms. The number of aliphatic imine (C=N–C) groups is 1. The lowest BCUT2D eigenvalue weighted by Gasteiger charge is -2.23. The molecular formula is C16H28ClIN4O2S. The minimum absolute atomic E-state index is 0. The van der Waals surface area contributed by atoms with Crippen LogP contribution in [0.25, 0.3) is 0 Å². The third-order valence-electron chi connectivity index (χ3n) is 3.57. The number of hydrogen-bond donors (Lipinski definition) is 1. The summed E-state index contributed by atoms with van der Waals surface area (Å²) < 4.78 is 24.6. The first-order valence-corrected chi connectivity index (χ1v) is 10.1. The van der Waals surface area contributed by atoms with Crippen LogP contribution in [0.1, 0.15) is 18.9 Å². The Kier molecular flexibility index (Phi) is 11.6. The van der Waals surface area contributed by atoms with E-state index in [1.54, 1.807) is 7.05 Å². The first-order valence-electron chi connectivity index (χ1n) is 7.89. The van der Waals surface area contributed by atoms with Crippen LogP contribution in [0.15, 0.2) is 29.3 Å². The molecule has 1 rings (SSSR count). The summed E-state index contributed by atoms with van der Waals surface area (Å²) in [5, 5.41) is 3.97. The summed E-state index contributed by atoms with van der Waals surface area (Å²) in [6.07, 6.45) is 1.95. The molecule has 0 aliphatic carbocycles. The fourth-order valence-electron chi connectivity index (χ4n) is 2.38. The molecule has 0 fully saturated rings. The molecule has 0 aliphatic heterocycles. The molecule has 1 aromatic rings. The average Bonchev–Trinajstić information content (AvgIpc) is 2.49. The number of rotatable bonds is 8. The van der Waals surface area contributed by atoms with E-state index in [9.17, 15) is 8.42 Å². The van der Waals surface area contributed by atoms with Crippen molar-refractivity contribution in [3.05, 3.63) is 34.9 Å². The van der Waals surface area contributed by atoms with E-state index < -0.39 is 10.0 Å². The molecule has 0 aliphatic rings. The number of nitrogens with zero attached hydrogens (tertiary/aromatic N) is 3. The van der Waals surface area contributed by atoms with E-state index in [0.717, 1.165) is 11.5 Å². The van der Waals surface area contributed by atoms with Gasteiger partial charge >= 0.3 is 0 Å². The van der Waals surface area contributed by atoms with Gasteiger partial charge in [-0.1, -0.05) is 30.7 Å². The zero-order valence-corrected chi connectivity index (χ0v) is 19.1.